The summed E-state index contributed by atoms with van der Waals surface area (Å²) in [7, 11) is 0. The second-order valence-corrected chi connectivity index (χ2v) is 6.29. The number of piperidine rings is 1. The Morgan fingerprint density at radius 2 is 2.12 bits per heavy atom. The Hall–Kier alpha value is -0.280. The van der Waals surface area contributed by atoms with Gasteiger partial charge in [0.2, 0.25) is 0 Å². The van der Waals surface area contributed by atoms with Gasteiger partial charge >= 0.3 is 0 Å². The van der Waals surface area contributed by atoms with Crippen molar-refractivity contribution < 1.29 is 0 Å². The molecule has 0 aromatic carbocycles. The summed E-state index contributed by atoms with van der Waals surface area (Å²) < 4.78 is 0. The van der Waals surface area contributed by atoms with Gasteiger partial charge in [0.05, 0.1) is 5.69 Å². The van der Waals surface area contributed by atoms with Crippen molar-refractivity contribution in [3.63, 3.8) is 0 Å². The molecule has 2 bridgehead atoms. The van der Waals surface area contributed by atoms with E-state index in [1.165, 1.54) is 23.7 Å². The molecule has 2 saturated heterocycles. The Labute approximate surface area is 106 Å². The van der Waals surface area contributed by atoms with E-state index in [2.05, 4.69) is 17.2 Å². The molecule has 2 atom stereocenters. The van der Waals surface area contributed by atoms with Gasteiger partial charge in [0, 0.05) is 22.8 Å². The van der Waals surface area contributed by atoms with Gasteiger partial charge in [-0.05, 0) is 32.1 Å². The second kappa shape index (κ2) is 4.19. The number of nitrogens with zero attached hydrogens (tertiary/aromatic N) is 2. The summed E-state index contributed by atoms with van der Waals surface area (Å²) in [6.07, 6.45) is 5.92. The van der Waals surface area contributed by atoms with Crippen molar-refractivity contribution in [1.29, 1.82) is 0 Å². The van der Waals surface area contributed by atoms with E-state index in [4.69, 9.17) is 16.6 Å². The lowest BCUT2D eigenvalue weighted by Crippen LogP contribution is -2.43. The van der Waals surface area contributed by atoms with Gasteiger partial charge in [0.25, 0.3) is 0 Å². The van der Waals surface area contributed by atoms with Crippen LogP contribution in [-0.4, -0.2) is 22.4 Å². The van der Waals surface area contributed by atoms with Crippen LogP contribution < -0.4 is 4.90 Å². The second-order valence-electron chi connectivity index (χ2n) is 4.84. The third-order valence-electron chi connectivity index (χ3n) is 3.80. The first kappa shape index (κ1) is 10.8. The molecular weight excluding hydrogens is 240 g/mol. The van der Waals surface area contributed by atoms with Crippen molar-refractivity contribution >= 4 is 28.1 Å². The van der Waals surface area contributed by atoms with Crippen molar-refractivity contribution in [3.05, 3.63) is 11.1 Å². The molecule has 0 radical (unpaired) electrons. The lowest BCUT2D eigenvalue weighted by Gasteiger charge is -2.36. The molecule has 0 saturated carbocycles. The minimum Gasteiger partial charge on any atom is -0.342 e. The first-order valence-electron chi connectivity index (χ1n) is 6.14. The normalized spacial score (nSPS) is 33.4. The Morgan fingerprint density at radius 3 is 2.69 bits per heavy atom. The highest BCUT2D eigenvalue weighted by atomic mass is 35.5. The number of fused-ring (bicyclic) bond motifs is 2. The van der Waals surface area contributed by atoms with Gasteiger partial charge < -0.3 is 4.90 Å². The SMILES string of the molecule is CCc1csc(N2C3CCC2CC(Cl)C3)n1. The number of rotatable bonds is 2. The van der Waals surface area contributed by atoms with E-state index in [1.54, 1.807) is 11.3 Å². The third-order valence-corrected chi connectivity index (χ3v) is 5.06. The molecule has 0 N–H and O–H groups in total. The summed E-state index contributed by atoms with van der Waals surface area (Å²) in [4.78, 5) is 7.26. The van der Waals surface area contributed by atoms with Crippen molar-refractivity contribution in [3.8, 4) is 0 Å². The highest BCUT2D eigenvalue weighted by Gasteiger charge is 2.41. The smallest absolute Gasteiger partial charge is 0.186 e. The van der Waals surface area contributed by atoms with E-state index in [9.17, 15) is 0 Å². The maximum atomic E-state index is 6.29. The summed E-state index contributed by atoms with van der Waals surface area (Å²) in [5.74, 6) is 0. The standard InChI is InChI=1S/C12H17ClN2S/c1-2-9-7-16-12(14-9)15-10-3-4-11(15)6-8(13)5-10/h7-8,10-11H,2-6H2,1H3. The molecule has 2 fully saturated rings. The van der Waals surface area contributed by atoms with Crippen LogP contribution in [0.3, 0.4) is 0 Å². The van der Waals surface area contributed by atoms with Crippen molar-refractivity contribution in [2.75, 3.05) is 4.90 Å². The number of thiazole rings is 1. The van der Waals surface area contributed by atoms with Gasteiger partial charge in [0.15, 0.2) is 5.13 Å². The Morgan fingerprint density at radius 1 is 1.44 bits per heavy atom. The maximum absolute atomic E-state index is 6.29. The van der Waals surface area contributed by atoms with Gasteiger partial charge in [-0.15, -0.1) is 22.9 Å². The van der Waals surface area contributed by atoms with E-state index in [1.807, 2.05) is 0 Å². The fourth-order valence-corrected chi connectivity index (χ4v) is 4.46. The average molecular weight is 257 g/mol. The predicted molar refractivity (Wildman–Crippen MR) is 69.7 cm³/mol. The largest absolute Gasteiger partial charge is 0.342 e. The predicted octanol–water partition coefficient (Wildman–Crippen LogP) is 3.44. The average Bonchev–Trinajstić information content (AvgIpc) is 2.81. The van der Waals surface area contributed by atoms with E-state index < -0.39 is 0 Å². The fourth-order valence-electron chi connectivity index (χ4n) is 3.00. The van der Waals surface area contributed by atoms with Crippen LogP contribution in [0.15, 0.2) is 5.38 Å². The quantitative estimate of drug-likeness (QED) is 0.754. The first-order chi connectivity index (χ1) is 7.78. The molecule has 0 amide bonds. The van der Waals surface area contributed by atoms with Gasteiger partial charge in [-0.25, -0.2) is 4.98 Å². The molecule has 2 unspecified atom stereocenters. The van der Waals surface area contributed by atoms with Crippen LogP contribution in [0.4, 0.5) is 5.13 Å². The van der Waals surface area contributed by atoms with Crippen LogP contribution in [0, 0.1) is 0 Å². The van der Waals surface area contributed by atoms with Gasteiger partial charge in [-0.2, -0.15) is 0 Å². The van der Waals surface area contributed by atoms with E-state index >= 15 is 0 Å². The molecule has 3 rings (SSSR count). The molecule has 0 aliphatic carbocycles. The van der Waals surface area contributed by atoms with Gasteiger partial charge in [-0.3, -0.25) is 0 Å². The Kier molecular flexibility index (Phi) is 2.84. The summed E-state index contributed by atoms with van der Waals surface area (Å²) in [5.41, 5.74) is 1.23. The Balaban J connectivity index is 1.85. The zero-order valence-corrected chi connectivity index (χ0v) is 11.1. The molecule has 3 heterocycles. The number of alkyl halides is 1. The first-order valence-corrected chi connectivity index (χ1v) is 7.46. The van der Waals surface area contributed by atoms with Gasteiger partial charge in [0.1, 0.15) is 0 Å². The van der Waals surface area contributed by atoms with Crippen LogP contribution >= 0.6 is 22.9 Å². The fraction of sp³-hybridized carbons (Fsp3) is 0.750. The lowest BCUT2D eigenvalue weighted by atomic mass is 10.0. The lowest BCUT2D eigenvalue weighted by molar-refractivity contribution is 0.473. The van der Waals surface area contributed by atoms with Crippen molar-refractivity contribution in [2.45, 2.75) is 56.5 Å². The zero-order valence-electron chi connectivity index (χ0n) is 9.53. The number of anilines is 1. The van der Waals surface area contributed by atoms with Gasteiger partial charge in [-0.1, -0.05) is 6.92 Å². The van der Waals surface area contributed by atoms with E-state index in [0.29, 0.717) is 17.5 Å². The molecule has 16 heavy (non-hydrogen) atoms. The number of halogens is 1. The van der Waals surface area contributed by atoms with Crippen LogP contribution in [0.25, 0.3) is 0 Å². The minimum atomic E-state index is 0.388. The zero-order chi connectivity index (χ0) is 11.1. The molecule has 88 valence electrons. The van der Waals surface area contributed by atoms with Crippen molar-refractivity contribution in [1.82, 2.24) is 4.98 Å². The molecule has 2 aliphatic rings. The van der Waals surface area contributed by atoms with Crippen LogP contribution in [0.5, 0.6) is 0 Å². The van der Waals surface area contributed by atoms with Crippen LogP contribution in [-0.2, 0) is 6.42 Å². The van der Waals surface area contributed by atoms with Crippen molar-refractivity contribution in [2.24, 2.45) is 0 Å². The molecule has 0 spiro atoms. The molecule has 4 heteroatoms. The summed E-state index contributed by atoms with van der Waals surface area (Å²) >= 11 is 8.09. The summed E-state index contributed by atoms with van der Waals surface area (Å²) in [6, 6.07) is 1.30. The number of aromatic nitrogens is 1. The number of hydrogen-bond donors (Lipinski definition) is 0. The molecule has 2 aliphatic heterocycles. The highest BCUT2D eigenvalue weighted by Crippen LogP contribution is 2.41. The highest BCUT2D eigenvalue weighted by molar-refractivity contribution is 7.13. The third kappa shape index (κ3) is 1.74. The molecular formula is C12H17ClN2S. The van der Waals surface area contributed by atoms with E-state index in [-0.39, 0.29) is 0 Å². The monoisotopic (exact) mass is 256 g/mol. The van der Waals surface area contributed by atoms with Crippen LogP contribution in [0.2, 0.25) is 0 Å². The Bertz CT molecular complexity index is 365. The molecule has 1 aromatic rings. The maximum Gasteiger partial charge on any atom is 0.186 e. The minimum absolute atomic E-state index is 0.388. The summed E-state index contributed by atoms with van der Waals surface area (Å²) in [5, 5.41) is 3.81. The summed E-state index contributed by atoms with van der Waals surface area (Å²) in [6.45, 7) is 2.17. The number of hydrogen-bond acceptors (Lipinski definition) is 3. The topological polar surface area (TPSA) is 16.1 Å². The van der Waals surface area contributed by atoms with E-state index in [0.717, 1.165) is 19.3 Å². The molecule has 2 nitrogen and oxygen atoms in total. The molecule has 1 aromatic heterocycles. The van der Waals surface area contributed by atoms with Crippen LogP contribution in [0.1, 0.15) is 38.3 Å². The number of aryl methyl sites for hydroxylation is 1.